The van der Waals surface area contributed by atoms with Gasteiger partial charge in [-0.1, -0.05) is 261 Å². The second kappa shape index (κ2) is 35.4. The van der Waals surface area contributed by atoms with Gasteiger partial charge in [0.15, 0.2) is 23.0 Å². The summed E-state index contributed by atoms with van der Waals surface area (Å²) in [4.78, 5) is 4.57. The van der Waals surface area contributed by atoms with E-state index in [1.54, 1.807) is 7.11 Å². The quantitative estimate of drug-likeness (QED) is 0.0817. The Morgan fingerprint density at radius 3 is 0.978 bits per heavy atom. The van der Waals surface area contributed by atoms with Gasteiger partial charge in [-0.15, -0.1) is 0 Å². The molecular formula is C76H68B2Br6ILiN2O3. The van der Waals surface area contributed by atoms with E-state index in [2.05, 4.69) is 297 Å². The molecule has 456 valence electrons. The van der Waals surface area contributed by atoms with E-state index in [1.807, 2.05) is 115 Å². The van der Waals surface area contributed by atoms with Crippen molar-refractivity contribution in [2.45, 2.75) is 54.9 Å². The number of unbranched alkanes of at least 4 members (excludes halogenated alkanes) is 1. The molecule has 91 heavy (non-hydrogen) atoms. The molecule has 0 amide bonds. The van der Waals surface area contributed by atoms with Crippen molar-refractivity contribution in [2.75, 3.05) is 16.9 Å². The predicted octanol–water partition coefficient (Wildman–Crippen LogP) is 19.8. The van der Waals surface area contributed by atoms with Crippen molar-refractivity contribution in [1.29, 1.82) is 0 Å². The Labute approximate surface area is 616 Å². The SMILES string of the molecule is Brc1ccccc1I.C.COB(c1ccccc1Br)c1ccccc1Br.Cc1cc(N2c3ccccc3Oc3ccccc32)cc(C)c1B(c1ccccc1Br)c1ccccc1Br.Cc1cc(N2c3ccccc3Oc3ccccc32)cc(C)c1Br.[CH2-]CCC.[Li+]. The predicted molar refractivity (Wildman–Crippen MR) is 416 cm³/mol. The van der Waals surface area contributed by atoms with Gasteiger partial charge in [-0.05, 0) is 197 Å². The molecule has 0 radical (unpaired) electrons. The fourth-order valence-corrected chi connectivity index (χ4v) is 13.6. The summed E-state index contributed by atoms with van der Waals surface area (Å²) in [7, 11) is 1.73. The first-order valence-electron chi connectivity index (χ1n) is 29.0. The molecule has 11 aromatic rings. The fraction of sp³-hybridized carbons (Fsp3) is 0.118. The van der Waals surface area contributed by atoms with Gasteiger partial charge in [-0.3, -0.25) is 0 Å². The zero-order valence-electron chi connectivity index (χ0n) is 51.1. The van der Waals surface area contributed by atoms with Gasteiger partial charge in [0.1, 0.15) is 0 Å². The molecular weight excluding hydrogens is 1620 g/mol. The zero-order chi connectivity index (χ0) is 63.1. The smallest absolute Gasteiger partial charge is 0.453 e. The van der Waals surface area contributed by atoms with Crippen molar-refractivity contribution in [3.8, 4) is 23.0 Å². The van der Waals surface area contributed by atoms with Gasteiger partial charge in [-0.25, -0.2) is 0 Å². The minimum Gasteiger partial charge on any atom is -0.453 e. The first-order chi connectivity index (χ1) is 43.1. The second-order valence-corrected chi connectivity index (χ2v) is 27.3. The molecule has 0 N–H and O–H groups in total. The van der Waals surface area contributed by atoms with E-state index in [9.17, 15) is 0 Å². The molecule has 2 aliphatic heterocycles. The van der Waals surface area contributed by atoms with Crippen LogP contribution in [0.25, 0.3) is 0 Å². The molecule has 5 nitrogen and oxygen atoms in total. The average Bonchev–Trinajstić information content (AvgIpc) is 0.797. The Kier molecular flexibility index (Phi) is 28.5. The molecule has 0 atom stereocenters. The van der Waals surface area contributed by atoms with Crippen LogP contribution in [0.5, 0.6) is 23.0 Å². The summed E-state index contributed by atoms with van der Waals surface area (Å²) in [6, 6.07) is 83.2. The fourth-order valence-electron chi connectivity index (χ4n) is 10.7. The third-order valence-electron chi connectivity index (χ3n) is 14.9. The van der Waals surface area contributed by atoms with Gasteiger partial charge in [-0.2, -0.15) is 6.42 Å². The molecule has 0 bridgehead atoms. The number of ether oxygens (including phenoxy) is 2. The summed E-state index contributed by atoms with van der Waals surface area (Å²) in [5.74, 6) is 3.48. The van der Waals surface area contributed by atoms with Crippen molar-refractivity contribution in [3.63, 3.8) is 0 Å². The molecule has 0 aliphatic carbocycles. The van der Waals surface area contributed by atoms with Gasteiger partial charge in [0.05, 0.1) is 22.7 Å². The van der Waals surface area contributed by atoms with Crippen LogP contribution in [-0.4, -0.2) is 20.7 Å². The summed E-state index contributed by atoms with van der Waals surface area (Å²) in [5.41, 5.74) is 17.5. The molecule has 13 rings (SSSR count). The van der Waals surface area contributed by atoms with Crippen LogP contribution in [0.2, 0.25) is 0 Å². The van der Waals surface area contributed by atoms with E-state index in [0.29, 0.717) is 0 Å². The van der Waals surface area contributed by atoms with E-state index < -0.39 is 0 Å². The number of hydrogen-bond acceptors (Lipinski definition) is 5. The Balaban J connectivity index is 0.000000186. The molecule has 0 aromatic heterocycles. The summed E-state index contributed by atoms with van der Waals surface area (Å²) < 4.78 is 25.8. The van der Waals surface area contributed by atoms with E-state index in [1.165, 1.54) is 53.1 Å². The number of anilines is 6. The van der Waals surface area contributed by atoms with Crippen LogP contribution in [0.15, 0.2) is 269 Å². The maximum Gasteiger partial charge on any atom is 1.00 e. The molecule has 0 fully saturated rings. The number of hydrogen-bond donors (Lipinski definition) is 0. The molecule has 0 saturated heterocycles. The van der Waals surface area contributed by atoms with Crippen LogP contribution >= 0.6 is 118 Å². The monoisotopic (exact) mass is 1690 g/mol. The van der Waals surface area contributed by atoms with Crippen LogP contribution in [0.3, 0.4) is 0 Å². The largest absolute Gasteiger partial charge is 1.00 e. The van der Waals surface area contributed by atoms with Crippen LogP contribution in [0.4, 0.5) is 34.1 Å². The Bertz CT molecular complexity index is 3990. The molecule has 0 spiro atoms. The second-order valence-electron chi connectivity index (χ2n) is 21.0. The minimum atomic E-state index is -0.0684. The van der Waals surface area contributed by atoms with Crippen molar-refractivity contribution in [3.05, 3.63) is 302 Å². The van der Waals surface area contributed by atoms with Gasteiger partial charge < -0.3 is 30.9 Å². The molecule has 2 aliphatic rings. The standard InChI is InChI=1S/C32H24BBr2NO.C20H16BrNO.C13H11BBr2O.C6H4BrI.C4H9.CH4.Li/c1-21-19-23(36-28-15-7-9-17-30(28)37-31-18-10-8-16-29(31)36)20-22(2)32(21)33(24-11-3-5-13-26(24)34)25-12-4-6-14-27(25)35;1-13-11-15(12-14(2)20(13)21)22-16-7-3-5-9-18(16)23-19-10-6-4-8-17(19)22;1-17-14(10-6-2-4-8-12(10)15)11-7-3-5-9-13(11)16;7-5-3-1-2-4-6(5)8;1-3-4-2;;/h3-20H,1-2H3;3-12H,1-2H3;2-9H,1H3;1-4H;1,3-4H2,2H3;1H4;/q;;;;-1;;+1. The van der Waals surface area contributed by atoms with Crippen molar-refractivity contribution >= 4 is 193 Å². The van der Waals surface area contributed by atoms with E-state index in [-0.39, 0.29) is 39.9 Å². The normalized spacial score (nSPS) is 11.1. The van der Waals surface area contributed by atoms with Crippen molar-refractivity contribution < 1.29 is 33.0 Å². The topological polar surface area (TPSA) is 34.2 Å². The maximum absolute atomic E-state index is 6.24. The Morgan fingerprint density at radius 1 is 0.418 bits per heavy atom. The maximum atomic E-state index is 6.24. The van der Waals surface area contributed by atoms with Gasteiger partial charge >= 0.3 is 25.8 Å². The van der Waals surface area contributed by atoms with Gasteiger partial charge in [0, 0.05) is 48.9 Å². The van der Waals surface area contributed by atoms with E-state index >= 15 is 0 Å². The first kappa shape index (κ1) is 73.3. The third-order valence-corrected chi connectivity index (χ3v) is 21.4. The summed E-state index contributed by atoms with van der Waals surface area (Å²) >= 11 is 24.1. The summed E-state index contributed by atoms with van der Waals surface area (Å²) in [5, 5.41) is 0. The van der Waals surface area contributed by atoms with Crippen LogP contribution in [0.1, 0.15) is 49.4 Å². The Morgan fingerprint density at radius 2 is 0.692 bits per heavy atom. The van der Waals surface area contributed by atoms with Crippen LogP contribution < -0.4 is 65.4 Å². The number of nitrogens with zero attached hydrogens (tertiary/aromatic N) is 2. The van der Waals surface area contributed by atoms with Gasteiger partial charge in [0.2, 0.25) is 6.71 Å². The van der Waals surface area contributed by atoms with Gasteiger partial charge in [0.25, 0.3) is 0 Å². The van der Waals surface area contributed by atoms with Crippen molar-refractivity contribution in [2.24, 2.45) is 0 Å². The summed E-state index contributed by atoms with van der Waals surface area (Å²) in [6.45, 7) is 14.4. The number of halogens is 7. The number of aryl methyl sites for hydroxylation is 4. The van der Waals surface area contributed by atoms with E-state index in [0.717, 1.165) is 96.8 Å². The third kappa shape index (κ3) is 17.8. The van der Waals surface area contributed by atoms with Crippen LogP contribution in [-0.2, 0) is 4.65 Å². The molecule has 2 heterocycles. The minimum absolute atomic E-state index is 0. The Hall–Kier alpha value is -5.08. The van der Waals surface area contributed by atoms with Crippen molar-refractivity contribution in [1.82, 2.24) is 0 Å². The number of para-hydroxylation sites is 8. The molecule has 11 aromatic carbocycles. The molecule has 15 heteroatoms. The average molecular weight is 1690 g/mol. The van der Waals surface area contributed by atoms with Crippen LogP contribution in [0, 0.1) is 38.2 Å². The van der Waals surface area contributed by atoms with E-state index in [4.69, 9.17) is 14.1 Å². The summed E-state index contributed by atoms with van der Waals surface area (Å²) in [6.07, 6.45) is 2.28. The number of fused-ring (bicyclic) bond motifs is 4. The molecule has 0 saturated carbocycles. The zero-order valence-corrected chi connectivity index (χ0v) is 62.8. The number of benzene rings is 11. The first-order valence-corrected chi connectivity index (χ1v) is 34.9. The molecule has 0 unspecified atom stereocenters. The number of rotatable bonds is 9.